The number of carbonyl (C=O) groups is 2. The molecule has 0 aromatic heterocycles. The van der Waals surface area contributed by atoms with Gasteiger partial charge in [-0.25, -0.2) is 10.8 Å². The second-order valence-corrected chi connectivity index (χ2v) is 11.9. The predicted molar refractivity (Wildman–Crippen MR) is 149 cm³/mol. The molecule has 3 N–H and O–H groups in total. The number of hydrogen-bond acceptors (Lipinski definition) is 6. The summed E-state index contributed by atoms with van der Waals surface area (Å²) in [5.74, 6) is 4.95. The van der Waals surface area contributed by atoms with E-state index in [1.165, 1.54) is 11.8 Å². The minimum absolute atomic E-state index is 0.0332. The Morgan fingerprint density at radius 3 is 2.32 bits per heavy atom. The van der Waals surface area contributed by atoms with Gasteiger partial charge in [-0.1, -0.05) is 61.3 Å². The van der Waals surface area contributed by atoms with Gasteiger partial charge in [-0.05, 0) is 72.8 Å². The van der Waals surface area contributed by atoms with Crippen molar-refractivity contribution < 1.29 is 9.59 Å². The van der Waals surface area contributed by atoms with Crippen LogP contribution in [0.2, 0.25) is 10.0 Å². The quantitative estimate of drug-likeness (QED) is 0.299. The van der Waals surface area contributed by atoms with Crippen molar-refractivity contribution in [1.82, 2.24) is 15.2 Å². The van der Waals surface area contributed by atoms with Gasteiger partial charge >= 0.3 is 0 Å². The van der Waals surface area contributed by atoms with Crippen LogP contribution in [-0.2, 0) is 15.1 Å². The van der Waals surface area contributed by atoms with Gasteiger partial charge in [0.05, 0.1) is 6.04 Å². The molecule has 0 radical (unpaired) electrons. The molecule has 3 heterocycles. The third-order valence-electron chi connectivity index (χ3n) is 7.32. The Morgan fingerprint density at radius 2 is 1.73 bits per heavy atom. The van der Waals surface area contributed by atoms with Crippen molar-refractivity contribution in [3.63, 3.8) is 0 Å². The largest absolute Gasteiger partial charge is 0.326 e. The highest BCUT2D eigenvalue weighted by Gasteiger charge is 2.53. The summed E-state index contributed by atoms with van der Waals surface area (Å²) in [5.41, 5.74) is 4.55. The summed E-state index contributed by atoms with van der Waals surface area (Å²) in [7, 11) is 0. The van der Waals surface area contributed by atoms with E-state index in [0.717, 1.165) is 28.4 Å². The Hall–Kier alpha value is -2.52. The van der Waals surface area contributed by atoms with E-state index in [4.69, 9.17) is 34.0 Å². The second-order valence-electron chi connectivity index (χ2n) is 10.0. The summed E-state index contributed by atoms with van der Waals surface area (Å²) in [5, 5.41) is 2.08. The number of aliphatic imine (C=N–C) groups is 1. The summed E-state index contributed by atoms with van der Waals surface area (Å²) in [4.78, 5) is 36.0. The van der Waals surface area contributed by atoms with Gasteiger partial charge in [-0.2, -0.15) is 0 Å². The lowest BCUT2D eigenvalue weighted by Crippen LogP contribution is -2.48. The summed E-state index contributed by atoms with van der Waals surface area (Å²) in [6.45, 7) is 6.79. The molecule has 5 rings (SSSR count). The number of hydrazine groups is 1. The van der Waals surface area contributed by atoms with Gasteiger partial charge in [0, 0.05) is 22.3 Å². The Kier molecular flexibility index (Phi) is 7.04. The number of likely N-dealkylation sites (tertiary alicyclic amines) is 1. The number of hydrogen-bond donors (Lipinski definition) is 2. The first kappa shape index (κ1) is 26.1. The lowest BCUT2D eigenvalue weighted by Gasteiger charge is -2.37. The molecule has 194 valence electrons. The predicted octanol–water partition coefficient (Wildman–Crippen LogP) is 5.22. The minimum atomic E-state index is -0.634. The molecule has 2 aromatic rings. The first-order valence-electron chi connectivity index (χ1n) is 12.3. The van der Waals surface area contributed by atoms with E-state index in [9.17, 15) is 9.59 Å². The van der Waals surface area contributed by atoms with Gasteiger partial charge in [-0.15, -0.1) is 0 Å². The molecule has 0 aliphatic carbocycles. The highest BCUT2D eigenvalue weighted by Crippen LogP contribution is 2.56. The number of nitrogens with two attached hydrogens (primary N) is 1. The molecule has 2 amide bonds. The van der Waals surface area contributed by atoms with Crippen molar-refractivity contribution in [3.05, 3.63) is 80.3 Å². The Balaban J connectivity index is 1.62. The monoisotopic (exact) mass is 557 g/mol. The zero-order chi connectivity index (χ0) is 26.5. The average Bonchev–Trinajstić information content (AvgIpc) is 3.57. The van der Waals surface area contributed by atoms with Crippen molar-refractivity contribution in [2.24, 2.45) is 16.8 Å². The normalized spacial score (nSPS) is 25.1. The molecule has 1 saturated heterocycles. The number of carbonyl (C=O) groups excluding carboxylic acids is 2. The lowest BCUT2D eigenvalue weighted by molar-refractivity contribution is -0.135. The molecule has 0 unspecified atom stereocenters. The van der Waals surface area contributed by atoms with E-state index in [1.807, 2.05) is 48.5 Å². The number of benzene rings is 2. The molecule has 3 atom stereocenters. The smallest absolute Gasteiger partial charge is 0.263 e. The van der Waals surface area contributed by atoms with Crippen molar-refractivity contribution in [2.75, 3.05) is 6.54 Å². The Labute approximate surface area is 231 Å². The van der Waals surface area contributed by atoms with Crippen LogP contribution < -0.4 is 11.3 Å². The molecule has 10 heteroatoms. The molecule has 0 spiro atoms. The van der Waals surface area contributed by atoms with Crippen molar-refractivity contribution in [1.29, 1.82) is 0 Å². The average molecular weight is 559 g/mol. The van der Waals surface area contributed by atoms with Crippen molar-refractivity contribution >= 4 is 51.9 Å². The zero-order valence-corrected chi connectivity index (χ0v) is 23.2. The molecule has 2 aromatic carbocycles. The molecule has 7 nitrogen and oxygen atoms in total. The van der Waals surface area contributed by atoms with Crippen molar-refractivity contribution in [2.45, 2.75) is 51.2 Å². The van der Waals surface area contributed by atoms with Crippen LogP contribution in [0.5, 0.6) is 0 Å². The van der Waals surface area contributed by atoms with Crippen LogP contribution in [0.15, 0.2) is 64.1 Å². The molecular weight excluding hydrogens is 529 g/mol. The van der Waals surface area contributed by atoms with Crippen LogP contribution in [0.3, 0.4) is 0 Å². The van der Waals surface area contributed by atoms with E-state index in [0.29, 0.717) is 27.9 Å². The molecule has 0 bridgehead atoms. The van der Waals surface area contributed by atoms with Crippen LogP contribution in [-0.4, -0.2) is 39.4 Å². The molecule has 3 aliphatic rings. The first-order valence-corrected chi connectivity index (χ1v) is 13.9. The molecular formula is C27H29Cl2N5O2S. The van der Waals surface area contributed by atoms with E-state index in [2.05, 4.69) is 31.1 Å². The number of nitrogens with one attached hydrogen (secondary N) is 1. The summed E-state index contributed by atoms with van der Waals surface area (Å²) < 4.78 is 0. The SMILES string of the molecule is CC(C)C1=C(C(=O)N2CCC[C@H]2C(=O)NN)SC2=N[C@@](C)(c3ccc(Cl)cc3)[C@@H](c3ccc(Cl)cc3)N21. The first-order chi connectivity index (χ1) is 17.7. The zero-order valence-electron chi connectivity index (χ0n) is 20.9. The number of halogens is 2. The van der Waals surface area contributed by atoms with Crippen LogP contribution in [0.4, 0.5) is 0 Å². The number of amides is 2. The maximum atomic E-state index is 13.9. The van der Waals surface area contributed by atoms with Gasteiger partial charge in [0.1, 0.15) is 16.5 Å². The molecule has 1 fully saturated rings. The molecule has 3 aliphatic heterocycles. The molecule has 37 heavy (non-hydrogen) atoms. The third-order valence-corrected chi connectivity index (χ3v) is 8.89. The van der Waals surface area contributed by atoms with Crippen molar-refractivity contribution in [3.8, 4) is 0 Å². The third kappa shape index (κ3) is 4.44. The maximum Gasteiger partial charge on any atom is 0.263 e. The van der Waals surface area contributed by atoms with Crippen LogP contribution in [0.25, 0.3) is 0 Å². The Morgan fingerprint density at radius 1 is 1.11 bits per heavy atom. The van der Waals surface area contributed by atoms with Gasteiger partial charge < -0.3 is 9.80 Å². The summed E-state index contributed by atoms with van der Waals surface area (Å²) in [6, 6.07) is 14.8. The highest BCUT2D eigenvalue weighted by atomic mass is 35.5. The fourth-order valence-corrected chi connectivity index (χ4v) is 7.19. The van der Waals surface area contributed by atoms with E-state index < -0.39 is 11.6 Å². The van der Waals surface area contributed by atoms with Gasteiger partial charge in [0.25, 0.3) is 11.8 Å². The number of fused-ring (bicyclic) bond motifs is 1. The van der Waals surface area contributed by atoms with E-state index in [1.54, 1.807) is 4.90 Å². The fraction of sp³-hybridized carbons (Fsp3) is 0.370. The van der Waals surface area contributed by atoms with E-state index in [-0.39, 0.29) is 23.8 Å². The standard InChI is InChI=1S/C27H29Cl2N5O2S/c1-15(2)21-22(25(36)33-14-4-5-20(33)24(35)32-30)37-26-31-27(3,17-8-12-19(29)13-9-17)23(34(21)26)16-6-10-18(28)11-7-16/h6-13,15,20,23H,4-5,14,30H2,1-3H3,(H,32,35)/t20-,23+,27-/m0/s1. The van der Waals surface area contributed by atoms with Gasteiger partial charge in [0.15, 0.2) is 5.17 Å². The summed E-state index contributed by atoms with van der Waals surface area (Å²) >= 11 is 13.8. The Bertz CT molecular complexity index is 1290. The minimum Gasteiger partial charge on any atom is -0.326 e. The number of thioether (sulfide) groups is 1. The second kappa shape index (κ2) is 9.98. The van der Waals surface area contributed by atoms with E-state index >= 15 is 0 Å². The maximum absolute atomic E-state index is 13.9. The van der Waals surface area contributed by atoms with Crippen LogP contribution >= 0.6 is 35.0 Å². The van der Waals surface area contributed by atoms with Crippen LogP contribution in [0.1, 0.15) is 50.8 Å². The fourth-order valence-electron chi connectivity index (χ4n) is 5.57. The highest BCUT2D eigenvalue weighted by molar-refractivity contribution is 8.18. The number of rotatable bonds is 5. The van der Waals surface area contributed by atoms with Gasteiger partial charge in [0.2, 0.25) is 0 Å². The van der Waals surface area contributed by atoms with Crippen LogP contribution in [0, 0.1) is 5.92 Å². The number of amidine groups is 1. The molecule has 0 saturated carbocycles. The summed E-state index contributed by atoms with van der Waals surface area (Å²) in [6.07, 6.45) is 1.35. The number of nitrogens with zero attached hydrogens (tertiary/aromatic N) is 3. The van der Waals surface area contributed by atoms with Gasteiger partial charge in [-0.3, -0.25) is 15.0 Å². The number of allylic oxidation sites excluding steroid dienone is 1. The topological polar surface area (TPSA) is 91.0 Å². The lowest BCUT2D eigenvalue weighted by atomic mass is 9.81.